The zero-order valence-electron chi connectivity index (χ0n) is 19.1. The van der Waals surface area contributed by atoms with Gasteiger partial charge >= 0.3 is 0 Å². The molecule has 10 heteroatoms. The molecule has 2 aromatic heterocycles. The Bertz CT molecular complexity index is 1300. The van der Waals surface area contributed by atoms with E-state index in [1.165, 1.54) is 29.5 Å². The van der Waals surface area contributed by atoms with E-state index in [1.807, 2.05) is 4.57 Å². The topological polar surface area (TPSA) is 113 Å². The summed E-state index contributed by atoms with van der Waals surface area (Å²) >= 11 is 1.43. The molecule has 9 nitrogen and oxygen atoms in total. The van der Waals surface area contributed by atoms with Crippen LogP contribution in [-0.2, 0) is 17.7 Å². The Morgan fingerprint density at radius 1 is 1.03 bits per heavy atom. The quantitative estimate of drug-likeness (QED) is 0.138. The molecule has 0 aliphatic heterocycles. The maximum atomic E-state index is 10.8. The van der Waals surface area contributed by atoms with Gasteiger partial charge in [-0.1, -0.05) is 62.9 Å². The average molecular weight is 477 g/mol. The van der Waals surface area contributed by atoms with E-state index in [0.29, 0.717) is 34.8 Å². The first-order valence-electron chi connectivity index (χ1n) is 10.6. The van der Waals surface area contributed by atoms with Crippen LogP contribution in [0.25, 0.3) is 22.8 Å². The van der Waals surface area contributed by atoms with E-state index in [9.17, 15) is 10.1 Å². The normalized spacial score (nSPS) is 11.5. The van der Waals surface area contributed by atoms with Gasteiger partial charge in [0.25, 0.3) is 5.69 Å². The van der Waals surface area contributed by atoms with E-state index in [4.69, 9.17) is 4.42 Å². The number of nitro benzene ring substituents is 1. The third-order valence-corrected chi connectivity index (χ3v) is 6.11. The molecule has 4 rings (SSSR count). The van der Waals surface area contributed by atoms with Crippen LogP contribution < -0.4 is 0 Å². The maximum Gasteiger partial charge on any atom is 0.269 e. The number of thioether (sulfide) groups is 1. The van der Waals surface area contributed by atoms with Crippen molar-refractivity contribution in [2.24, 2.45) is 0 Å². The van der Waals surface area contributed by atoms with Gasteiger partial charge in [-0.2, -0.15) is 0 Å². The Hall–Kier alpha value is -3.79. The molecule has 0 atom stereocenters. The van der Waals surface area contributed by atoms with Crippen LogP contribution in [0.5, 0.6) is 0 Å². The lowest BCUT2D eigenvalue weighted by molar-refractivity contribution is -0.384. The first kappa shape index (κ1) is 23.4. The largest absolute Gasteiger partial charge is 0.420 e. The molecule has 0 unspecified atom stereocenters. The molecule has 0 amide bonds. The summed E-state index contributed by atoms with van der Waals surface area (Å²) in [5.74, 6) is 1.89. The summed E-state index contributed by atoms with van der Waals surface area (Å²) in [5.41, 5.74) is 2.93. The summed E-state index contributed by atoms with van der Waals surface area (Å²) < 4.78 is 7.73. The van der Waals surface area contributed by atoms with Crippen LogP contribution >= 0.6 is 11.8 Å². The molecule has 174 valence electrons. The summed E-state index contributed by atoms with van der Waals surface area (Å²) in [7, 11) is 0. The van der Waals surface area contributed by atoms with Gasteiger partial charge in [0.15, 0.2) is 11.0 Å². The first-order chi connectivity index (χ1) is 16.3. The minimum Gasteiger partial charge on any atom is -0.420 e. The van der Waals surface area contributed by atoms with Crippen molar-refractivity contribution in [1.82, 2.24) is 25.0 Å². The maximum absolute atomic E-state index is 10.8. The van der Waals surface area contributed by atoms with Crippen molar-refractivity contribution in [3.05, 3.63) is 82.8 Å². The monoisotopic (exact) mass is 476 g/mol. The Kier molecular flexibility index (Phi) is 6.60. The van der Waals surface area contributed by atoms with Crippen LogP contribution in [0.15, 0.2) is 70.8 Å². The van der Waals surface area contributed by atoms with Crippen molar-refractivity contribution in [2.45, 2.75) is 43.6 Å². The molecule has 0 saturated carbocycles. The van der Waals surface area contributed by atoms with Crippen molar-refractivity contribution in [1.29, 1.82) is 0 Å². The van der Waals surface area contributed by atoms with Crippen LogP contribution in [0.4, 0.5) is 5.69 Å². The van der Waals surface area contributed by atoms with Gasteiger partial charge in [-0.05, 0) is 23.1 Å². The van der Waals surface area contributed by atoms with Crippen molar-refractivity contribution in [3.8, 4) is 22.8 Å². The van der Waals surface area contributed by atoms with Crippen LogP contribution in [0.1, 0.15) is 32.2 Å². The van der Waals surface area contributed by atoms with Crippen molar-refractivity contribution in [2.75, 3.05) is 0 Å². The summed E-state index contributed by atoms with van der Waals surface area (Å²) in [5, 5.41) is 28.5. The van der Waals surface area contributed by atoms with Gasteiger partial charge in [0.2, 0.25) is 11.8 Å². The standard InChI is InChI=1S/C24H24N6O3S/c1-5-14-29-21(16-6-10-18(11-7-16)24(2,3)4)26-28-23(29)34-15-20-25-27-22(33-20)17-8-12-19(13-9-17)30(31)32/h5-13H,1,14-15H2,2-4H3. The molecule has 0 radical (unpaired) electrons. The molecule has 0 N–H and O–H groups in total. The minimum absolute atomic E-state index is 0.00412. The molecule has 2 heterocycles. The summed E-state index contributed by atoms with van der Waals surface area (Å²) in [4.78, 5) is 10.4. The lowest BCUT2D eigenvalue weighted by Gasteiger charge is -2.19. The van der Waals surface area contributed by atoms with Crippen molar-refractivity contribution < 1.29 is 9.34 Å². The van der Waals surface area contributed by atoms with Crippen LogP contribution in [0.2, 0.25) is 0 Å². The highest BCUT2D eigenvalue weighted by molar-refractivity contribution is 7.98. The first-order valence-corrected chi connectivity index (χ1v) is 11.6. The molecular formula is C24H24N6O3S. The smallest absolute Gasteiger partial charge is 0.269 e. The van der Waals surface area contributed by atoms with Crippen LogP contribution in [0.3, 0.4) is 0 Å². The third-order valence-electron chi connectivity index (χ3n) is 5.15. The fourth-order valence-electron chi connectivity index (χ4n) is 3.30. The predicted molar refractivity (Wildman–Crippen MR) is 130 cm³/mol. The number of nitro groups is 1. The van der Waals surface area contributed by atoms with Crippen LogP contribution in [0, 0.1) is 10.1 Å². The average Bonchev–Trinajstić information content (AvgIpc) is 3.45. The second-order valence-electron chi connectivity index (χ2n) is 8.63. The number of benzene rings is 2. The fraction of sp³-hybridized carbons (Fsp3) is 0.250. The van der Waals surface area contributed by atoms with Gasteiger partial charge in [-0.3, -0.25) is 14.7 Å². The SMILES string of the molecule is C=CCn1c(SCc2nnc(-c3ccc([N+](=O)[O-])cc3)o2)nnc1-c1ccc(C(C)(C)C)cc1. The molecule has 0 aliphatic rings. The van der Waals surface area contributed by atoms with Gasteiger partial charge in [0.1, 0.15) is 0 Å². The second-order valence-corrected chi connectivity index (χ2v) is 9.57. The van der Waals surface area contributed by atoms with Crippen LogP contribution in [-0.4, -0.2) is 29.9 Å². The van der Waals surface area contributed by atoms with E-state index >= 15 is 0 Å². The van der Waals surface area contributed by atoms with Crippen molar-refractivity contribution in [3.63, 3.8) is 0 Å². The third kappa shape index (κ3) is 5.07. The Morgan fingerprint density at radius 3 is 2.32 bits per heavy atom. The number of aromatic nitrogens is 5. The summed E-state index contributed by atoms with van der Waals surface area (Å²) in [6.07, 6.45) is 1.81. The minimum atomic E-state index is -0.452. The molecule has 34 heavy (non-hydrogen) atoms. The van der Waals surface area contributed by atoms with Gasteiger partial charge in [0.05, 0.1) is 10.7 Å². The number of allylic oxidation sites excluding steroid dienone is 1. The molecule has 2 aromatic carbocycles. The highest BCUT2D eigenvalue weighted by atomic mass is 32.2. The second kappa shape index (κ2) is 9.60. The number of rotatable bonds is 8. The lowest BCUT2D eigenvalue weighted by atomic mass is 9.87. The fourth-order valence-corrected chi connectivity index (χ4v) is 4.09. The molecule has 0 aliphatic carbocycles. The van der Waals surface area contributed by atoms with Gasteiger partial charge in [0, 0.05) is 29.8 Å². The number of non-ortho nitro benzene ring substituents is 1. The zero-order chi connectivity index (χ0) is 24.3. The van der Waals surface area contributed by atoms with E-state index in [-0.39, 0.29) is 11.1 Å². The van der Waals surface area contributed by atoms with E-state index in [2.05, 4.69) is 72.0 Å². The highest BCUT2D eigenvalue weighted by Gasteiger charge is 2.18. The van der Waals surface area contributed by atoms with Gasteiger partial charge < -0.3 is 4.42 Å². The Morgan fingerprint density at radius 2 is 1.71 bits per heavy atom. The van der Waals surface area contributed by atoms with E-state index in [1.54, 1.807) is 18.2 Å². The zero-order valence-corrected chi connectivity index (χ0v) is 20.0. The summed E-state index contributed by atoms with van der Waals surface area (Å²) in [6, 6.07) is 14.3. The summed E-state index contributed by atoms with van der Waals surface area (Å²) in [6.45, 7) is 11.0. The molecular weight excluding hydrogens is 452 g/mol. The molecule has 0 spiro atoms. The number of hydrogen-bond acceptors (Lipinski definition) is 8. The molecule has 0 fully saturated rings. The lowest BCUT2D eigenvalue weighted by Crippen LogP contribution is -2.10. The molecule has 0 saturated heterocycles. The van der Waals surface area contributed by atoms with E-state index < -0.39 is 4.92 Å². The van der Waals surface area contributed by atoms with Gasteiger partial charge in [-0.15, -0.1) is 27.0 Å². The van der Waals surface area contributed by atoms with E-state index in [0.717, 1.165) is 11.4 Å². The predicted octanol–water partition coefficient (Wildman–Crippen LogP) is 5.68. The Balaban J connectivity index is 1.50. The van der Waals surface area contributed by atoms with Crippen molar-refractivity contribution >= 4 is 17.4 Å². The van der Waals surface area contributed by atoms with Gasteiger partial charge in [-0.25, -0.2) is 0 Å². The Labute approximate surface area is 201 Å². The molecule has 0 bridgehead atoms. The number of nitrogens with zero attached hydrogens (tertiary/aromatic N) is 6. The highest BCUT2D eigenvalue weighted by Crippen LogP contribution is 2.29. The number of hydrogen-bond donors (Lipinski definition) is 0. The molecule has 4 aromatic rings.